The smallest absolute Gasteiger partial charge is 0.271 e. The summed E-state index contributed by atoms with van der Waals surface area (Å²) in [4.78, 5) is 66.4. The number of nitro groups is 1. The largest absolute Gasteiger partial charge is 0.507 e. The molecule has 0 aromatic heterocycles. The van der Waals surface area contributed by atoms with Gasteiger partial charge in [-0.05, 0) is 37.8 Å². The summed E-state index contributed by atoms with van der Waals surface area (Å²) in [5.74, 6) is -4.61. The average Bonchev–Trinajstić information content (AvgIpc) is 3.24. The van der Waals surface area contributed by atoms with E-state index in [1.807, 2.05) is 6.08 Å². The number of benzene rings is 2. The van der Waals surface area contributed by atoms with Crippen LogP contribution < -0.4 is 14.4 Å². The van der Waals surface area contributed by atoms with Crippen molar-refractivity contribution in [2.75, 3.05) is 19.1 Å². The Labute approximate surface area is 239 Å². The lowest BCUT2D eigenvalue weighted by atomic mass is 9.59. The highest BCUT2D eigenvalue weighted by Gasteiger charge is 2.57. The molecule has 2 aromatic rings. The van der Waals surface area contributed by atoms with Gasteiger partial charge in [-0.1, -0.05) is 17.7 Å². The molecule has 2 amide bonds. The number of ether oxygens (including phenoxy) is 2. The minimum atomic E-state index is -0.920. The van der Waals surface area contributed by atoms with Crippen molar-refractivity contribution in [3.8, 4) is 17.2 Å². The number of hydrogen-bond acceptors (Lipinski definition) is 9. The molecule has 4 unspecified atom stereocenters. The van der Waals surface area contributed by atoms with E-state index < -0.39 is 40.4 Å². The summed E-state index contributed by atoms with van der Waals surface area (Å²) >= 11 is 0. The summed E-state index contributed by atoms with van der Waals surface area (Å²) in [6, 6.07) is 8.29. The molecule has 1 fully saturated rings. The quantitative estimate of drug-likeness (QED) is 0.185. The van der Waals surface area contributed by atoms with Crippen molar-refractivity contribution < 1.29 is 38.7 Å². The van der Waals surface area contributed by atoms with Crippen LogP contribution in [0.1, 0.15) is 31.2 Å². The number of phenols is 1. The van der Waals surface area contributed by atoms with Gasteiger partial charge in [-0.15, -0.1) is 0 Å². The number of fused-ring (bicyclic) bond motifs is 3. The van der Waals surface area contributed by atoms with Crippen molar-refractivity contribution in [2.45, 2.75) is 25.7 Å². The molecule has 0 bridgehead atoms. The first-order valence-corrected chi connectivity index (χ1v) is 13.3. The van der Waals surface area contributed by atoms with Crippen LogP contribution in [0.3, 0.4) is 0 Å². The Morgan fingerprint density at radius 3 is 2.48 bits per heavy atom. The minimum Gasteiger partial charge on any atom is -0.507 e. The van der Waals surface area contributed by atoms with Crippen LogP contribution in [0.5, 0.6) is 17.2 Å². The molecule has 1 aliphatic heterocycles. The van der Waals surface area contributed by atoms with Crippen LogP contribution in [0.25, 0.3) is 0 Å². The first-order chi connectivity index (χ1) is 20.1. The monoisotopic (exact) mass is 570 g/mol. The van der Waals surface area contributed by atoms with Crippen LogP contribution in [-0.2, 0) is 19.2 Å². The molecule has 3 aliphatic carbocycles. The van der Waals surface area contributed by atoms with Gasteiger partial charge >= 0.3 is 0 Å². The Bertz CT molecular complexity index is 1720. The van der Waals surface area contributed by atoms with Crippen LogP contribution in [-0.4, -0.2) is 47.6 Å². The van der Waals surface area contributed by atoms with Gasteiger partial charge in [-0.2, -0.15) is 0 Å². The Morgan fingerprint density at radius 2 is 1.79 bits per heavy atom. The molecule has 1 saturated heterocycles. The van der Waals surface area contributed by atoms with E-state index in [0.29, 0.717) is 11.3 Å². The van der Waals surface area contributed by atoms with Gasteiger partial charge in [0.2, 0.25) is 11.8 Å². The summed E-state index contributed by atoms with van der Waals surface area (Å²) in [5.41, 5.74) is 1.42. The van der Waals surface area contributed by atoms with Crippen molar-refractivity contribution in [3.05, 3.63) is 86.5 Å². The molecule has 214 valence electrons. The Morgan fingerprint density at radius 1 is 1.02 bits per heavy atom. The SMILES string of the molecule is COc1cc(O)c(C2C3=CCC4C(=O)N(c5cccc([N+](=O)[O-])c5)C(=O)C4C3CC3=C2C(=O)C=C(C)C3=O)c(OC)c1. The van der Waals surface area contributed by atoms with Crippen LogP contribution in [0.4, 0.5) is 11.4 Å². The van der Waals surface area contributed by atoms with E-state index in [4.69, 9.17) is 9.47 Å². The summed E-state index contributed by atoms with van der Waals surface area (Å²) in [5, 5.41) is 22.6. The fraction of sp³-hybridized carbons (Fsp3) is 0.290. The lowest BCUT2D eigenvalue weighted by molar-refractivity contribution is -0.384. The normalized spacial score (nSPS) is 25.0. The number of amides is 2. The molecule has 0 saturated carbocycles. The highest BCUT2D eigenvalue weighted by Crippen LogP contribution is 2.58. The third kappa shape index (κ3) is 3.87. The number of nitrogens with zero attached hydrogens (tertiary/aromatic N) is 2. The standard InChI is InChI=1S/C31H26N2O9/c1-14-9-22(34)26-21(29(14)36)13-20-18(27(26)28-23(35)11-17(41-2)12-24(28)42-3)7-8-19-25(20)31(38)32(30(19)37)15-5-4-6-16(10-15)33(39)40/h4-7,9-12,19-20,25,27,35H,8,13H2,1-3H3. The van der Waals surface area contributed by atoms with Crippen LogP contribution >= 0.6 is 0 Å². The zero-order valence-corrected chi connectivity index (χ0v) is 23.0. The lowest BCUT2D eigenvalue weighted by Gasteiger charge is -2.42. The first kappa shape index (κ1) is 27.1. The summed E-state index contributed by atoms with van der Waals surface area (Å²) in [6.45, 7) is 1.55. The van der Waals surface area contributed by atoms with Crippen molar-refractivity contribution in [1.29, 1.82) is 0 Å². The molecule has 2 aromatic carbocycles. The average molecular weight is 571 g/mol. The molecule has 1 heterocycles. The number of methoxy groups -OCH3 is 2. The molecule has 6 rings (SSSR count). The third-order valence-electron chi connectivity index (χ3n) is 8.70. The molecule has 42 heavy (non-hydrogen) atoms. The zero-order valence-electron chi connectivity index (χ0n) is 23.0. The number of ketones is 2. The van der Waals surface area contributed by atoms with E-state index >= 15 is 0 Å². The Hall–Kier alpha value is -5.06. The Kier molecular flexibility index (Phi) is 6.32. The number of phenolic OH excluding ortho intramolecular Hbond substituents is 1. The number of anilines is 1. The van der Waals surface area contributed by atoms with Gasteiger partial charge in [0.05, 0.1) is 36.7 Å². The van der Waals surface area contributed by atoms with Crippen molar-refractivity contribution >= 4 is 34.8 Å². The predicted molar refractivity (Wildman–Crippen MR) is 148 cm³/mol. The molecule has 4 aliphatic rings. The second-order valence-electron chi connectivity index (χ2n) is 10.8. The summed E-state index contributed by atoms with van der Waals surface area (Å²) < 4.78 is 10.9. The highest BCUT2D eigenvalue weighted by molar-refractivity contribution is 6.25. The molecule has 11 heteroatoms. The fourth-order valence-electron chi connectivity index (χ4n) is 6.88. The zero-order chi connectivity index (χ0) is 30.0. The number of non-ortho nitro benzene ring substituents is 1. The van der Waals surface area contributed by atoms with Crippen LogP contribution in [0.2, 0.25) is 0 Å². The number of hydrogen-bond donors (Lipinski definition) is 1. The molecular formula is C31H26N2O9. The van der Waals surface area contributed by atoms with Crippen LogP contribution in [0.15, 0.2) is 70.8 Å². The summed E-state index contributed by atoms with van der Waals surface area (Å²) in [6.07, 6.45) is 3.31. The lowest BCUT2D eigenvalue weighted by Crippen LogP contribution is -2.40. The van der Waals surface area contributed by atoms with E-state index in [2.05, 4.69) is 0 Å². The minimum absolute atomic E-state index is 0.0512. The Balaban J connectivity index is 1.51. The van der Waals surface area contributed by atoms with Gasteiger partial charge < -0.3 is 14.6 Å². The predicted octanol–water partition coefficient (Wildman–Crippen LogP) is 3.95. The number of carbonyl (C=O) groups excluding carboxylic acids is 4. The topological polar surface area (TPSA) is 153 Å². The molecule has 0 radical (unpaired) electrons. The molecular weight excluding hydrogens is 544 g/mol. The maximum atomic E-state index is 14.0. The van der Waals surface area contributed by atoms with Crippen molar-refractivity contribution in [2.24, 2.45) is 17.8 Å². The highest BCUT2D eigenvalue weighted by atomic mass is 16.6. The van der Waals surface area contributed by atoms with Gasteiger partial charge in [-0.25, -0.2) is 4.90 Å². The van der Waals surface area contributed by atoms with Gasteiger partial charge in [0.1, 0.15) is 17.2 Å². The van der Waals surface area contributed by atoms with E-state index in [9.17, 15) is 34.4 Å². The number of allylic oxidation sites excluding steroid dienone is 6. The summed E-state index contributed by atoms with van der Waals surface area (Å²) in [7, 11) is 2.84. The van der Waals surface area contributed by atoms with Gasteiger partial charge in [-0.3, -0.25) is 29.3 Å². The van der Waals surface area contributed by atoms with E-state index in [0.717, 1.165) is 4.90 Å². The van der Waals surface area contributed by atoms with Crippen molar-refractivity contribution in [3.63, 3.8) is 0 Å². The number of imide groups is 1. The van der Waals surface area contributed by atoms with Gasteiger partial charge in [0.25, 0.3) is 5.69 Å². The second kappa shape index (κ2) is 9.79. The van der Waals surface area contributed by atoms with Crippen molar-refractivity contribution in [1.82, 2.24) is 0 Å². The number of carbonyl (C=O) groups is 4. The maximum absolute atomic E-state index is 14.0. The van der Waals surface area contributed by atoms with Gasteiger partial charge in [0.15, 0.2) is 11.6 Å². The van der Waals surface area contributed by atoms with Gasteiger partial charge in [0, 0.05) is 52.5 Å². The number of Topliss-reactive ketones (excluding diaryl/α,β-unsaturated/α-hetero) is 1. The molecule has 11 nitrogen and oxygen atoms in total. The second-order valence-corrected chi connectivity index (χ2v) is 10.8. The van der Waals surface area contributed by atoms with E-state index in [-0.39, 0.29) is 69.6 Å². The number of aromatic hydroxyl groups is 1. The van der Waals surface area contributed by atoms with E-state index in [1.165, 1.54) is 50.6 Å². The molecule has 1 N–H and O–H groups in total. The maximum Gasteiger partial charge on any atom is 0.271 e. The molecule has 0 spiro atoms. The van der Waals surface area contributed by atoms with Crippen LogP contribution in [0, 0.1) is 27.9 Å². The molecule has 4 atom stereocenters. The fourth-order valence-corrected chi connectivity index (χ4v) is 6.88. The number of nitro benzene ring substituents is 1. The van der Waals surface area contributed by atoms with E-state index in [1.54, 1.807) is 13.0 Å². The number of rotatable bonds is 5. The third-order valence-corrected chi connectivity index (χ3v) is 8.70. The first-order valence-electron chi connectivity index (χ1n) is 13.3.